The van der Waals surface area contributed by atoms with E-state index in [4.69, 9.17) is 14.2 Å². The summed E-state index contributed by atoms with van der Waals surface area (Å²) in [6, 6.07) is 0. The van der Waals surface area contributed by atoms with Crippen LogP contribution in [-0.2, 0) is 28.6 Å². The summed E-state index contributed by atoms with van der Waals surface area (Å²) in [5, 5.41) is 0. The topological polar surface area (TPSA) is 78.9 Å². The number of esters is 3. The van der Waals surface area contributed by atoms with Gasteiger partial charge in [0.1, 0.15) is 13.2 Å². The second kappa shape index (κ2) is 38.6. The Bertz CT molecular complexity index is 751. The monoisotopic (exact) mass is 709 g/mol. The quantitative estimate of drug-likeness (QED) is 0.0359. The molecule has 296 valence electrons. The first-order chi connectivity index (χ1) is 24.4. The number of unbranched alkanes of at least 4 members (excludes halogenated alkanes) is 26. The van der Waals surface area contributed by atoms with Crippen LogP contribution in [0.3, 0.4) is 0 Å². The molecule has 0 N–H and O–H groups in total. The lowest BCUT2D eigenvalue weighted by Gasteiger charge is -2.18. The van der Waals surface area contributed by atoms with E-state index in [1.54, 1.807) is 0 Å². The fourth-order valence-electron chi connectivity index (χ4n) is 6.45. The molecule has 0 fully saturated rings. The molecule has 0 aliphatic heterocycles. The molecule has 0 spiro atoms. The van der Waals surface area contributed by atoms with Gasteiger partial charge in [-0.15, -0.1) is 0 Å². The van der Waals surface area contributed by atoms with Crippen LogP contribution >= 0.6 is 0 Å². The third-order valence-electron chi connectivity index (χ3n) is 9.79. The highest BCUT2D eigenvalue weighted by Gasteiger charge is 2.19. The SMILES string of the molecule is CCCCCCCCCCCCCCC(=O)OC[C@H](COC(=O)CCCCCCCCC(C)C)OC(=O)CCCCCCCCCCCCC. The summed E-state index contributed by atoms with van der Waals surface area (Å²) in [5.41, 5.74) is 0. The smallest absolute Gasteiger partial charge is 0.306 e. The molecule has 6 heteroatoms. The van der Waals surface area contributed by atoms with Gasteiger partial charge in [-0.05, 0) is 25.2 Å². The van der Waals surface area contributed by atoms with Gasteiger partial charge in [0.05, 0.1) is 0 Å². The highest BCUT2D eigenvalue weighted by molar-refractivity contribution is 5.71. The summed E-state index contributed by atoms with van der Waals surface area (Å²) < 4.78 is 16.7. The standard InChI is InChI=1S/C44H84O6/c1-5-7-9-11-13-15-17-19-20-22-27-31-35-42(45)48-38-41(39-49-43(46)36-32-28-25-24-26-30-34-40(3)4)50-44(47)37-33-29-23-21-18-16-14-12-10-8-6-2/h40-41H,5-39H2,1-4H3/t41-/m1/s1. The van der Waals surface area contributed by atoms with E-state index >= 15 is 0 Å². The second-order valence-corrected chi connectivity index (χ2v) is 15.5. The van der Waals surface area contributed by atoms with E-state index < -0.39 is 6.10 Å². The highest BCUT2D eigenvalue weighted by Crippen LogP contribution is 2.15. The van der Waals surface area contributed by atoms with Gasteiger partial charge >= 0.3 is 17.9 Å². The predicted molar refractivity (Wildman–Crippen MR) is 210 cm³/mol. The molecule has 6 nitrogen and oxygen atoms in total. The van der Waals surface area contributed by atoms with Crippen LogP contribution < -0.4 is 0 Å². The Morgan fingerprint density at radius 1 is 0.380 bits per heavy atom. The van der Waals surface area contributed by atoms with Gasteiger partial charge in [0.2, 0.25) is 0 Å². The fraction of sp³-hybridized carbons (Fsp3) is 0.932. The number of carbonyl (C=O) groups excluding carboxylic acids is 3. The molecule has 0 amide bonds. The van der Waals surface area contributed by atoms with Gasteiger partial charge in [-0.25, -0.2) is 0 Å². The molecule has 0 aromatic heterocycles. The number of ether oxygens (including phenoxy) is 3. The molecule has 0 bridgehead atoms. The van der Waals surface area contributed by atoms with E-state index in [9.17, 15) is 14.4 Å². The van der Waals surface area contributed by atoms with Crippen molar-refractivity contribution in [3.63, 3.8) is 0 Å². The summed E-state index contributed by atoms with van der Waals surface area (Å²) in [5.74, 6) is -0.0983. The fourth-order valence-corrected chi connectivity index (χ4v) is 6.45. The van der Waals surface area contributed by atoms with E-state index in [1.165, 1.54) is 135 Å². The first kappa shape index (κ1) is 48.4. The van der Waals surface area contributed by atoms with Crippen LogP contribution in [0.5, 0.6) is 0 Å². The summed E-state index contributed by atoms with van der Waals surface area (Å²) in [6.07, 6.45) is 36.6. The molecule has 0 radical (unpaired) electrons. The van der Waals surface area contributed by atoms with Crippen LogP contribution in [0.2, 0.25) is 0 Å². The molecule has 1 atom stereocenters. The van der Waals surface area contributed by atoms with Crippen LogP contribution in [0.25, 0.3) is 0 Å². The van der Waals surface area contributed by atoms with E-state index in [0.717, 1.165) is 63.7 Å². The van der Waals surface area contributed by atoms with Crippen molar-refractivity contribution < 1.29 is 28.6 Å². The molecule has 0 heterocycles. The lowest BCUT2D eigenvalue weighted by atomic mass is 10.0. The molecular weight excluding hydrogens is 624 g/mol. The maximum atomic E-state index is 12.7. The lowest BCUT2D eigenvalue weighted by Crippen LogP contribution is -2.30. The van der Waals surface area contributed by atoms with Crippen molar-refractivity contribution in [2.75, 3.05) is 13.2 Å². The third-order valence-corrected chi connectivity index (χ3v) is 9.79. The molecule has 0 aromatic rings. The summed E-state index contributed by atoms with van der Waals surface area (Å²) >= 11 is 0. The number of rotatable bonds is 39. The molecule has 0 aromatic carbocycles. The Balaban J connectivity index is 4.33. The molecule has 0 saturated heterocycles. The van der Waals surface area contributed by atoms with Crippen LogP contribution in [0.4, 0.5) is 0 Å². The Labute approximate surface area is 310 Å². The lowest BCUT2D eigenvalue weighted by molar-refractivity contribution is -0.167. The van der Waals surface area contributed by atoms with E-state index in [0.29, 0.717) is 19.3 Å². The van der Waals surface area contributed by atoms with Gasteiger partial charge in [-0.3, -0.25) is 14.4 Å². The van der Waals surface area contributed by atoms with E-state index in [2.05, 4.69) is 27.7 Å². The van der Waals surface area contributed by atoms with Crippen LogP contribution in [0, 0.1) is 5.92 Å². The average molecular weight is 709 g/mol. The predicted octanol–water partition coefficient (Wildman–Crippen LogP) is 13.6. The van der Waals surface area contributed by atoms with Crippen molar-refractivity contribution in [1.29, 1.82) is 0 Å². The molecule has 0 aliphatic carbocycles. The zero-order valence-corrected chi connectivity index (χ0v) is 33.9. The minimum atomic E-state index is -0.758. The Hall–Kier alpha value is -1.59. The van der Waals surface area contributed by atoms with E-state index in [1.807, 2.05) is 0 Å². The van der Waals surface area contributed by atoms with Crippen molar-refractivity contribution in [3.8, 4) is 0 Å². The third kappa shape index (κ3) is 37.7. The van der Waals surface area contributed by atoms with Crippen molar-refractivity contribution in [1.82, 2.24) is 0 Å². The maximum Gasteiger partial charge on any atom is 0.306 e. The normalized spacial score (nSPS) is 11.9. The molecule has 0 saturated carbocycles. The van der Waals surface area contributed by atoms with Crippen LogP contribution in [-0.4, -0.2) is 37.2 Å². The van der Waals surface area contributed by atoms with Crippen molar-refractivity contribution >= 4 is 17.9 Å². The van der Waals surface area contributed by atoms with Gasteiger partial charge in [0.15, 0.2) is 6.10 Å². The molecule has 50 heavy (non-hydrogen) atoms. The largest absolute Gasteiger partial charge is 0.462 e. The number of hydrogen-bond acceptors (Lipinski definition) is 6. The van der Waals surface area contributed by atoms with Crippen LogP contribution in [0.1, 0.15) is 240 Å². The Morgan fingerprint density at radius 2 is 0.660 bits per heavy atom. The van der Waals surface area contributed by atoms with E-state index in [-0.39, 0.29) is 31.1 Å². The van der Waals surface area contributed by atoms with Gasteiger partial charge in [-0.1, -0.05) is 201 Å². The molecule has 0 aliphatic rings. The van der Waals surface area contributed by atoms with Gasteiger partial charge < -0.3 is 14.2 Å². The van der Waals surface area contributed by atoms with Gasteiger partial charge in [0.25, 0.3) is 0 Å². The number of hydrogen-bond donors (Lipinski definition) is 0. The van der Waals surface area contributed by atoms with Gasteiger partial charge in [-0.2, -0.15) is 0 Å². The summed E-state index contributed by atoms with van der Waals surface area (Å²) in [7, 11) is 0. The molecule has 0 rings (SSSR count). The average Bonchev–Trinajstić information content (AvgIpc) is 3.09. The van der Waals surface area contributed by atoms with Crippen molar-refractivity contribution in [3.05, 3.63) is 0 Å². The van der Waals surface area contributed by atoms with Crippen LogP contribution in [0.15, 0.2) is 0 Å². The minimum absolute atomic E-state index is 0.0647. The van der Waals surface area contributed by atoms with Crippen molar-refractivity contribution in [2.45, 2.75) is 246 Å². The highest BCUT2D eigenvalue weighted by atomic mass is 16.6. The Morgan fingerprint density at radius 3 is 0.980 bits per heavy atom. The second-order valence-electron chi connectivity index (χ2n) is 15.5. The summed E-state index contributed by atoms with van der Waals surface area (Å²) in [4.78, 5) is 37.6. The van der Waals surface area contributed by atoms with Gasteiger partial charge in [0, 0.05) is 19.3 Å². The first-order valence-corrected chi connectivity index (χ1v) is 21.9. The number of carbonyl (C=O) groups is 3. The molecule has 0 unspecified atom stereocenters. The molecular formula is C44H84O6. The summed E-state index contributed by atoms with van der Waals surface area (Å²) in [6.45, 7) is 8.91. The first-order valence-electron chi connectivity index (χ1n) is 21.9. The van der Waals surface area contributed by atoms with Crippen molar-refractivity contribution in [2.24, 2.45) is 5.92 Å². The zero-order chi connectivity index (χ0) is 36.8. The zero-order valence-electron chi connectivity index (χ0n) is 33.9. The minimum Gasteiger partial charge on any atom is -0.462 e. The Kier molecular flexibility index (Phi) is 37.4. The maximum absolute atomic E-state index is 12.7.